The van der Waals surface area contributed by atoms with Gasteiger partial charge in [-0.1, -0.05) is 12.1 Å². The zero-order valence-electron chi connectivity index (χ0n) is 9.38. The van der Waals surface area contributed by atoms with Crippen molar-refractivity contribution in [3.63, 3.8) is 0 Å². The summed E-state index contributed by atoms with van der Waals surface area (Å²) in [6.45, 7) is 1.59. The minimum atomic E-state index is -3.55. The Balaban J connectivity index is 2.32. The first-order valence-electron chi connectivity index (χ1n) is 4.86. The van der Waals surface area contributed by atoms with Crippen LogP contribution in [0.15, 0.2) is 40.4 Å². The van der Waals surface area contributed by atoms with Crippen molar-refractivity contribution in [3.05, 3.63) is 35.4 Å². The Hall–Kier alpha value is -1.82. The standard InChI is InChI=1S/C11H11NO4S/c1-8-7-17(13,14)11(12-8)16-10-6-4-3-5-9(10)15-2/h3-7H,1-2H3. The maximum Gasteiger partial charge on any atom is 0.320 e. The molecule has 5 nitrogen and oxygen atoms in total. The van der Waals surface area contributed by atoms with Crippen molar-refractivity contribution in [1.82, 2.24) is 0 Å². The summed E-state index contributed by atoms with van der Waals surface area (Å²) in [5.41, 5.74) is 0.398. The van der Waals surface area contributed by atoms with Gasteiger partial charge in [0.25, 0.3) is 9.84 Å². The van der Waals surface area contributed by atoms with Gasteiger partial charge < -0.3 is 9.47 Å². The molecule has 2 rings (SSSR count). The average Bonchev–Trinajstić information content (AvgIpc) is 2.52. The summed E-state index contributed by atoms with van der Waals surface area (Å²) >= 11 is 0. The molecule has 0 fully saturated rings. The molecule has 1 heterocycles. The van der Waals surface area contributed by atoms with Gasteiger partial charge in [-0.15, -0.1) is 0 Å². The van der Waals surface area contributed by atoms with Gasteiger partial charge in [-0.25, -0.2) is 13.4 Å². The quantitative estimate of drug-likeness (QED) is 0.805. The van der Waals surface area contributed by atoms with Crippen molar-refractivity contribution in [3.8, 4) is 11.5 Å². The molecule has 1 aliphatic rings. The van der Waals surface area contributed by atoms with Crippen molar-refractivity contribution >= 4 is 15.1 Å². The summed E-state index contributed by atoms with van der Waals surface area (Å²) in [6.07, 6.45) is 0. The van der Waals surface area contributed by atoms with E-state index in [4.69, 9.17) is 9.47 Å². The zero-order valence-corrected chi connectivity index (χ0v) is 10.2. The Labute approximate surface area is 99.3 Å². The lowest BCUT2D eigenvalue weighted by Gasteiger charge is -2.08. The Kier molecular flexibility index (Phi) is 2.89. The van der Waals surface area contributed by atoms with E-state index in [9.17, 15) is 8.42 Å². The number of hydrogen-bond acceptors (Lipinski definition) is 5. The van der Waals surface area contributed by atoms with Gasteiger partial charge >= 0.3 is 5.23 Å². The first-order chi connectivity index (χ1) is 8.03. The first-order valence-corrected chi connectivity index (χ1v) is 6.40. The van der Waals surface area contributed by atoms with E-state index in [2.05, 4.69) is 4.99 Å². The lowest BCUT2D eigenvalue weighted by Crippen LogP contribution is -2.16. The van der Waals surface area contributed by atoms with Gasteiger partial charge in [0.1, 0.15) is 0 Å². The second-order valence-electron chi connectivity index (χ2n) is 3.43. The number of nitrogens with zero attached hydrogens (tertiary/aromatic N) is 1. The van der Waals surface area contributed by atoms with E-state index >= 15 is 0 Å². The van der Waals surface area contributed by atoms with Crippen molar-refractivity contribution in [2.75, 3.05) is 7.11 Å². The number of rotatable bonds is 2. The molecule has 0 saturated heterocycles. The van der Waals surface area contributed by atoms with Crippen LogP contribution in [-0.2, 0) is 9.84 Å². The Morgan fingerprint density at radius 3 is 2.35 bits per heavy atom. The molecule has 0 aliphatic carbocycles. The first kappa shape index (κ1) is 11.7. The van der Waals surface area contributed by atoms with E-state index in [1.807, 2.05) is 0 Å². The van der Waals surface area contributed by atoms with Gasteiger partial charge in [-0.05, 0) is 19.1 Å². The minimum Gasteiger partial charge on any atom is -0.493 e. The van der Waals surface area contributed by atoms with E-state index in [0.717, 1.165) is 5.41 Å². The molecular formula is C11H11NO4S. The van der Waals surface area contributed by atoms with Crippen molar-refractivity contribution < 1.29 is 17.9 Å². The number of benzene rings is 1. The van der Waals surface area contributed by atoms with E-state index in [0.29, 0.717) is 17.2 Å². The van der Waals surface area contributed by atoms with Crippen LogP contribution in [0.5, 0.6) is 11.5 Å². The van der Waals surface area contributed by atoms with Gasteiger partial charge in [-0.2, -0.15) is 0 Å². The molecule has 17 heavy (non-hydrogen) atoms. The molecule has 90 valence electrons. The average molecular weight is 253 g/mol. The number of aliphatic imine (C=N–C) groups is 1. The third kappa shape index (κ3) is 2.31. The van der Waals surface area contributed by atoms with Crippen LogP contribution in [0.25, 0.3) is 0 Å². The number of para-hydroxylation sites is 2. The number of ether oxygens (including phenoxy) is 2. The number of allylic oxidation sites excluding steroid dienone is 1. The molecule has 0 radical (unpaired) electrons. The van der Waals surface area contributed by atoms with Crippen LogP contribution in [0.4, 0.5) is 0 Å². The summed E-state index contributed by atoms with van der Waals surface area (Å²) in [5, 5.41) is 0.747. The summed E-state index contributed by atoms with van der Waals surface area (Å²) < 4.78 is 33.5. The predicted molar refractivity (Wildman–Crippen MR) is 63.7 cm³/mol. The van der Waals surface area contributed by atoms with Crippen LogP contribution < -0.4 is 9.47 Å². The molecule has 0 unspecified atom stereocenters. The molecule has 1 aromatic carbocycles. The highest BCUT2D eigenvalue weighted by molar-refractivity contribution is 8.08. The van der Waals surface area contributed by atoms with Crippen LogP contribution in [0, 0.1) is 0 Å². The van der Waals surface area contributed by atoms with E-state index in [1.54, 1.807) is 31.2 Å². The molecule has 0 atom stereocenters. The second kappa shape index (κ2) is 4.21. The lowest BCUT2D eigenvalue weighted by atomic mass is 10.3. The van der Waals surface area contributed by atoms with Crippen LogP contribution in [0.3, 0.4) is 0 Å². The zero-order chi connectivity index (χ0) is 12.5. The minimum absolute atomic E-state index is 0.320. The summed E-state index contributed by atoms with van der Waals surface area (Å²) in [5.74, 6) is 0.773. The fourth-order valence-corrected chi connectivity index (χ4v) is 2.47. The van der Waals surface area contributed by atoms with Gasteiger partial charge in [0, 0.05) is 0 Å². The number of hydrogen-bond donors (Lipinski definition) is 0. The van der Waals surface area contributed by atoms with Crippen LogP contribution >= 0.6 is 0 Å². The van der Waals surface area contributed by atoms with E-state index in [1.165, 1.54) is 7.11 Å². The number of methoxy groups -OCH3 is 1. The smallest absolute Gasteiger partial charge is 0.320 e. The Morgan fingerprint density at radius 1 is 1.18 bits per heavy atom. The Morgan fingerprint density at radius 2 is 1.82 bits per heavy atom. The maximum absolute atomic E-state index is 11.6. The van der Waals surface area contributed by atoms with Crippen molar-refractivity contribution in [2.45, 2.75) is 6.92 Å². The molecule has 6 heteroatoms. The molecule has 0 aromatic heterocycles. The normalized spacial score (nSPS) is 17.3. The number of sulfone groups is 1. The molecule has 0 saturated carbocycles. The highest BCUT2D eigenvalue weighted by Gasteiger charge is 2.26. The predicted octanol–water partition coefficient (Wildman–Crippen LogP) is 1.72. The largest absolute Gasteiger partial charge is 0.493 e. The van der Waals surface area contributed by atoms with E-state index in [-0.39, 0.29) is 5.23 Å². The monoisotopic (exact) mass is 253 g/mol. The van der Waals surface area contributed by atoms with Gasteiger partial charge in [0.05, 0.1) is 18.2 Å². The highest BCUT2D eigenvalue weighted by Crippen LogP contribution is 2.28. The van der Waals surface area contributed by atoms with Crippen LogP contribution in [0.1, 0.15) is 6.92 Å². The summed E-state index contributed by atoms with van der Waals surface area (Å²) in [6, 6.07) is 6.78. The topological polar surface area (TPSA) is 65.0 Å². The van der Waals surface area contributed by atoms with Crippen molar-refractivity contribution in [2.24, 2.45) is 4.99 Å². The highest BCUT2D eigenvalue weighted by atomic mass is 32.2. The van der Waals surface area contributed by atoms with Gasteiger partial charge in [0.15, 0.2) is 11.5 Å². The Bertz CT molecular complexity index is 602. The van der Waals surface area contributed by atoms with Crippen LogP contribution in [0.2, 0.25) is 0 Å². The fourth-order valence-electron chi connectivity index (χ4n) is 1.39. The molecule has 0 spiro atoms. The van der Waals surface area contributed by atoms with Crippen molar-refractivity contribution in [1.29, 1.82) is 0 Å². The fraction of sp³-hybridized carbons (Fsp3) is 0.182. The lowest BCUT2D eigenvalue weighted by molar-refractivity contribution is 0.392. The summed E-state index contributed by atoms with van der Waals surface area (Å²) in [4.78, 5) is 3.82. The molecule has 0 amide bonds. The molecular weight excluding hydrogens is 242 g/mol. The third-order valence-corrected chi connectivity index (χ3v) is 3.42. The van der Waals surface area contributed by atoms with E-state index < -0.39 is 9.84 Å². The maximum atomic E-state index is 11.6. The van der Waals surface area contributed by atoms with Crippen LogP contribution in [-0.4, -0.2) is 20.8 Å². The SMILES string of the molecule is COc1ccccc1OC1=NC(C)=CS1(=O)=O. The second-order valence-corrected chi connectivity index (χ2v) is 5.11. The molecule has 0 N–H and O–H groups in total. The van der Waals surface area contributed by atoms with Gasteiger partial charge in [-0.3, -0.25) is 0 Å². The molecule has 0 bridgehead atoms. The third-order valence-electron chi connectivity index (χ3n) is 2.10. The molecule has 1 aromatic rings. The summed E-state index contributed by atoms with van der Waals surface area (Å²) in [7, 11) is -2.07. The molecule has 1 aliphatic heterocycles. The van der Waals surface area contributed by atoms with Gasteiger partial charge in [0.2, 0.25) is 0 Å².